The molecule has 1 aromatic carbocycles. The second-order valence-corrected chi connectivity index (χ2v) is 6.44. The Morgan fingerprint density at radius 1 is 1.38 bits per heavy atom. The standard InChI is InChI=1S/C13H17NO6S/c14-21(17,18)10-1-2-12(11(7-10)13(15)16)20-8-9-3-5-19-6-4-9/h1-2,7,9H,3-6,8H2,(H,15,16)(H2,14,17,18). The first-order chi connectivity index (χ1) is 9.88. The van der Waals surface area contributed by atoms with E-state index in [1.54, 1.807) is 0 Å². The first-order valence-electron chi connectivity index (χ1n) is 6.48. The van der Waals surface area contributed by atoms with Crippen LogP contribution in [0.3, 0.4) is 0 Å². The van der Waals surface area contributed by atoms with Crippen molar-refractivity contribution in [1.29, 1.82) is 0 Å². The van der Waals surface area contributed by atoms with Crippen molar-refractivity contribution in [2.24, 2.45) is 11.1 Å². The molecule has 2 rings (SSSR count). The van der Waals surface area contributed by atoms with Gasteiger partial charge in [0, 0.05) is 13.2 Å². The van der Waals surface area contributed by atoms with Gasteiger partial charge < -0.3 is 14.6 Å². The molecule has 0 aromatic heterocycles. The summed E-state index contributed by atoms with van der Waals surface area (Å²) in [4.78, 5) is 11.0. The van der Waals surface area contributed by atoms with Crippen molar-refractivity contribution in [3.05, 3.63) is 23.8 Å². The fourth-order valence-corrected chi connectivity index (χ4v) is 2.64. The van der Waals surface area contributed by atoms with E-state index in [9.17, 15) is 13.2 Å². The van der Waals surface area contributed by atoms with Crippen LogP contribution in [0.4, 0.5) is 0 Å². The second kappa shape index (κ2) is 6.42. The molecule has 1 aliphatic heterocycles. The molecule has 1 fully saturated rings. The van der Waals surface area contributed by atoms with Gasteiger partial charge in [-0.15, -0.1) is 0 Å². The molecule has 0 aliphatic carbocycles. The van der Waals surface area contributed by atoms with E-state index in [2.05, 4.69) is 0 Å². The molecule has 0 radical (unpaired) electrons. The molecular weight excluding hydrogens is 298 g/mol. The lowest BCUT2D eigenvalue weighted by Crippen LogP contribution is -2.22. The molecule has 0 spiro atoms. The highest BCUT2D eigenvalue weighted by molar-refractivity contribution is 7.89. The van der Waals surface area contributed by atoms with E-state index in [0.29, 0.717) is 25.7 Å². The third kappa shape index (κ3) is 4.16. The number of nitrogens with two attached hydrogens (primary N) is 1. The van der Waals surface area contributed by atoms with Gasteiger partial charge in [-0.1, -0.05) is 0 Å². The Hall–Kier alpha value is -1.64. The minimum atomic E-state index is -3.95. The Kier molecular flexibility index (Phi) is 4.81. The summed E-state index contributed by atoms with van der Waals surface area (Å²) < 4.78 is 33.3. The Labute approximate surface area is 122 Å². The molecule has 7 nitrogen and oxygen atoms in total. The maximum Gasteiger partial charge on any atom is 0.339 e. The van der Waals surface area contributed by atoms with Crippen LogP contribution in [-0.2, 0) is 14.8 Å². The van der Waals surface area contributed by atoms with Gasteiger partial charge in [-0.25, -0.2) is 18.4 Å². The molecule has 0 atom stereocenters. The van der Waals surface area contributed by atoms with Crippen LogP contribution in [-0.4, -0.2) is 39.3 Å². The highest BCUT2D eigenvalue weighted by Gasteiger charge is 2.19. The zero-order valence-corrected chi connectivity index (χ0v) is 12.1. The van der Waals surface area contributed by atoms with Gasteiger partial charge in [0.1, 0.15) is 11.3 Å². The summed E-state index contributed by atoms with van der Waals surface area (Å²) in [5.41, 5.74) is -0.214. The molecule has 0 amide bonds. The summed E-state index contributed by atoms with van der Waals surface area (Å²) in [6, 6.07) is 3.57. The molecule has 21 heavy (non-hydrogen) atoms. The van der Waals surface area contributed by atoms with E-state index in [1.165, 1.54) is 12.1 Å². The van der Waals surface area contributed by atoms with Crippen LogP contribution in [0.1, 0.15) is 23.2 Å². The second-order valence-electron chi connectivity index (χ2n) is 4.87. The number of primary sulfonamides is 1. The minimum Gasteiger partial charge on any atom is -0.492 e. The van der Waals surface area contributed by atoms with Crippen LogP contribution in [0.25, 0.3) is 0 Å². The summed E-state index contributed by atoms with van der Waals surface area (Å²) >= 11 is 0. The summed E-state index contributed by atoms with van der Waals surface area (Å²) in [5.74, 6) is -0.817. The van der Waals surface area contributed by atoms with E-state index in [1.807, 2.05) is 0 Å². The highest BCUT2D eigenvalue weighted by Crippen LogP contribution is 2.24. The van der Waals surface area contributed by atoms with Gasteiger partial charge in [0.15, 0.2) is 0 Å². The quantitative estimate of drug-likeness (QED) is 0.831. The summed E-state index contributed by atoms with van der Waals surface area (Å²) in [5, 5.41) is 14.1. The molecule has 116 valence electrons. The van der Waals surface area contributed by atoms with Gasteiger partial charge in [0.05, 0.1) is 11.5 Å². The predicted molar refractivity (Wildman–Crippen MR) is 73.8 cm³/mol. The van der Waals surface area contributed by atoms with Gasteiger partial charge >= 0.3 is 5.97 Å². The van der Waals surface area contributed by atoms with Crippen molar-refractivity contribution in [2.75, 3.05) is 19.8 Å². The number of sulfonamides is 1. The summed E-state index contributed by atoms with van der Waals surface area (Å²) in [6.07, 6.45) is 1.72. The van der Waals surface area contributed by atoms with Crippen molar-refractivity contribution >= 4 is 16.0 Å². The molecule has 0 unspecified atom stereocenters. The smallest absolute Gasteiger partial charge is 0.339 e. The number of hydrogen-bond donors (Lipinski definition) is 2. The van der Waals surface area contributed by atoms with Crippen molar-refractivity contribution in [2.45, 2.75) is 17.7 Å². The molecular formula is C13H17NO6S. The fourth-order valence-electron chi connectivity index (χ4n) is 2.10. The van der Waals surface area contributed by atoms with Gasteiger partial charge in [-0.2, -0.15) is 0 Å². The molecule has 1 aliphatic rings. The SMILES string of the molecule is NS(=O)(=O)c1ccc(OCC2CCOCC2)c(C(=O)O)c1. The third-order valence-electron chi connectivity index (χ3n) is 3.33. The maximum atomic E-state index is 11.3. The van der Waals surface area contributed by atoms with Crippen molar-refractivity contribution in [3.63, 3.8) is 0 Å². The zero-order chi connectivity index (χ0) is 15.5. The lowest BCUT2D eigenvalue weighted by Gasteiger charge is -2.22. The van der Waals surface area contributed by atoms with E-state index in [-0.39, 0.29) is 16.2 Å². The van der Waals surface area contributed by atoms with E-state index in [0.717, 1.165) is 18.9 Å². The van der Waals surface area contributed by atoms with E-state index in [4.69, 9.17) is 19.7 Å². The average Bonchev–Trinajstić information content (AvgIpc) is 2.45. The summed E-state index contributed by atoms with van der Waals surface area (Å²) in [7, 11) is -3.95. The van der Waals surface area contributed by atoms with Crippen LogP contribution in [0.2, 0.25) is 0 Å². The van der Waals surface area contributed by atoms with Gasteiger partial charge in [-0.05, 0) is 37.0 Å². The summed E-state index contributed by atoms with van der Waals surface area (Å²) in [6.45, 7) is 1.71. The average molecular weight is 315 g/mol. The Bertz CT molecular complexity index is 622. The molecule has 0 bridgehead atoms. The Morgan fingerprint density at radius 2 is 2.05 bits per heavy atom. The Balaban J connectivity index is 2.16. The molecule has 3 N–H and O–H groups in total. The number of carboxylic acids is 1. The lowest BCUT2D eigenvalue weighted by molar-refractivity contribution is 0.0490. The van der Waals surface area contributed by atoms with Crippen LogP contribution in [0.15, 0.2) is 23.1 Å². The number of carbonyl (C=O) groups is 1. The van der Waals surface area contributed by atoms with Gasteiger partial charge in [-0.3, -0.25) is 0 Å². The van der Waals surface area contributed by atoms with E-state index >= 15 is 0 Å². The van der Waals surface area contributed by atoms with Crippen molar-refractivity contribution < 1.29 is 27.8 Å². The normalized spacial score (nSPS) is 16.6. The van der Waals surface area contributed by atoms with Crippen LogP contribution >= 0.6 is 0 Å². The Morgan fingerprint density at radius 3 is 2.62 bits per heavy atom. The lowest BCUT2D eigenvalue weighted by atomic mass is 10.0. The number of aromatic carboxylic acids is 1. The van der Waals surface area contributed by atoms with Gasteiger partial charge in [0.2, 0.25) is 10.0 Å². The molecule has 1 saturated heterocycles. The van der Waals surface area contributed by atoms with Crippen molar-refractivity contribution in [3.8, 4) is 5.75 Å². The topological polar surface area (TPSA) is 116 Å². The number of carboxylic acid groups (broad SMARTS) is 1. The molecule has 8 heteroatoms. The number of hydrogen-bond acceptors (Lipinski definition) is 5. The van der Waals surface area contributed by atoms with Crippen LogP contribution < -0.4 is 9.88 Å². The molecule has 1 aromatic rings. The first-order valence-corrected chi connectivity index (χ1v) is 8.03. The zero-order valence-electron chi connectivity index (χ0n) is 11.3. The van der Waals surface area contributed by atoms with E-state index < -0.39 is 16.0 Å². The fraction of sp³-hybridized carbons (Fsp3) is 0.462. The first kappa shape index (κ1) is 15.7. The van der Waals surface area contributed by atoms with Crippen molar-refractivity contribution in [1.82, 2.24) is 0 Å². The van der Waals surface area contributed by atoms with Crippen LogP contribution in [0, 0.1) is 5.92 Å². The highest BCUT2D eigenvalue weighted by atomic mass is 32.2. The minimum absolute atomic E-state index is 0.140. The molecule has 1 heterocycles. The predicted octanol–water partition coefficient (Wildman–Crippen LogP) is 0.838. The monoisotopic (exact) mass is 315 g/mol. The number of benzene rings is 1. The largest absolute Gasteiger partial charge is 0.492 e. The maximum absolute atomic E-state index is 11.3. The van der Waals surface area contributed by atoms with Crippen LogP contribution in [0.5, 0.6) is 5.75 Å². The molecule has 0 saturated carbocycles. The number of rotatable bonds is 5. The third-order valence-corrected chi connectivity index (χ3v) is 4.24. The van der Waals surface area contributed by atoms with Gasteiger partial charge in [0.25, 0.3) is 0 Å². The number of ether oxygens (including phenoxy) is 2.